The fourth-order valence-corrected chi connectivity index (χ4v) is 1.61. The maximum Gasteiger partial charge on any atom is 0.236 e. The van der Waals surface area contributed by atoms with E-state index < -0.39 is 0 Å². The molecule has 0 radical (unpaired) electrons. The predicted octanol–water partition coefficient (Wildman–Crippen LogP) is 2.05. The molecular weight excluding hydrogens is 244 g/mol. The van der Waals surface area contributed by atoms with Crippen molar-refractivity contribution in [3.8, 4) is 28.8 Å². The monoisotopic (exact) mass is 256 g/mol. The number of hydrogen-bond acceptors (Lipinski definition) is 6. The van der Waals surface area contributed by atoms with Gasteiger partial charge in [-0.15, -0.1) is 0 Å². The van der Waals surface area contributed by atoms with Crippen LogP contribution in [0.3, 0.4) is 0 Å². The Kier molecular flexibility index (Phi) is 3.78. The van der Waals surface area contributed by atoms with Crippen molar-refractivity contribution < 1.29 is 9.47 Å². The Balaban J connectivity index is 2.34. The number of ether oxygens (including phenoxy) is 2. The van der Waals surface area contributed by atoms with Crippen LogP contribution in [0.5, 0.6) is 11.5 Å². The van der Waals surface area contributed by atoms with Crippen molar-refractivity contribution in [2.45, 2.75) is 0 Å². The summed E-state index contributed by atoms with van der Waals surface area (Å²) in [5.41, 5.74) is 1.73. The molecule has 0 fully saturated rings. The Morgan fingerprint density at radius 1 is 1.05 bits per heavy atom. The topological polar surface area (TPSA) is 80.1 Å². The Hall–Kier alpha value is -2.81. The minimum Gasteiger partial charge on any atom is -0.493 e. The Labute approximate surface area is 110 Å². The summed E-state index contributed by atoms with van der Waals surface area (Å²) in [6.07, 6.45) is 5.03. The number of nitrogens with zero attached hydrogens (tertiary/aromatic N) is 3. The maximum atomic E-state index is 8.46. The average Bonchev–Trinajstić information content (AvgIpc) is 2.47. The summed E-state index contributed by atoms with van der Waals surface area (Å²) < 4.78 is 10.4. The molecule has 6 nitrogen and oxygen atoms in total. The number of rotatable bonds is 4. The van der Waals surface area contributed by atoms with Crippen molar-refractivity contribution in [3.05, 3.63) is 30.6 Å². The first-order valence-electron chi connectivity index (χ1n) is 5.48. The fourth-order valence-electron chi connectivity index (χ4n) is 1.61. The quantitative estimate of drug-likeness (QED) is 0.666. The van der Waals surface area contributed by atoms with Crippen molar-refractivity contribution in [2.24, 2.45) is 0 Å². The number of nitrogens with one attached hydrogen (secondary N) is 1. The third kappa shape index (κ3) is 2.72. The van der Waals surface area contributed by atoms with E-state index in [9.17, 15) is 0 Å². The summed E-state index contributed by atoms with van der Waals surface area (Å²) in [6.45, 7) is 0. The molecule has 0 saturated carbocycles. The molecule has 1 aromatic heterocycles. The van der Waals surface area contributed by atoms with Crippen LogP contribution in [0, 0.1) is 11.5 Å². The Morgan fingerprint density at radius 3 is 2.32 bits per heavy atom. The SMILES string of the molecule is COc1ccc(-c2cnc(NC#N)nc2)cc1OC. The molecule has 0 saturated heterocycles. The molecule has 0 amide bonds. The van der Waals surface area contributed by atoms with Crippen LogP contribution in [0.1, 0.15) is 0 Å². The van der Waals surface area contributed by atoms with Gasteiger partial charge in [0.15, 0.2) is 17.7 Å². The molecule has 0 atom stereocenters. The van der Waals surface area contributed by atoms with Crippen molar-refractivity contribution >= 4 is 5.95 Å². The van der Waals surface area contributed by atoms with Gasteiger partial charge in [0.2, 0.25) is 5.95 Å². The zero-order valence-corrected chi connectivity index (χ0v) is 10.5. The lowest BCUT2D eigenvalue weighted by Crippen LogP contribution is -1.95. The fraction of sp³-hybridized carbons (Fsp3) is 0.154. The second kappa shape index (κ2) is 5.69. The highest BCUT2D eigenvalue weighted by Crippen LogP contribution is 2.31. The van der Waals surface area contributed by atoms with Crippen LogP contribution in [0.4, 0.5) is 5.95 Å². The lowest BCUT2D eigenvalue weighted by molar-refractivity contribution is 0.355. The van der Waals surface area contributed by atoms with Gasteiger partial charge in [-0.05, 0) is 17.7 Å². The van der Waals surface area contributed by atoms with Crippen LogP contribution < -0.4 is 14.8 Å². The zero-order valence-electron chi connectivity index (χ0n) is 10.5. The lowest BCUT2D eigenvalue weighted by atomic mass is 10.1. The maximum absolute atomic E-state index is 8.46. The van der Waals surface area contributed by atoms with Gasteiger partial charge in [0.05, 0.1) is 14.2 Å². The molecule has 1 aromatic carbocycles. The lowest BCUT2D eigenvalue weighted by Gasteiger charge is -2.09. The van der Waals surface area contributed by atoms with Gasteiger partial charge in [0.1, 0.15) is 0 Å². The van der Waals surface area contributed by atoms with Crippen molar-refractivity contribution in [1.29, 1.82) is 5.26 Å². The highest BCUT2D eigenvalue weighted by atomic mass is 16.5. The molecule has 2 aromatic rings. The van der Waals surface area contributed by atoms with E-state index in [1.807, 2.05) is 18.2 Å². The summed E-state index contributed by atoms with van der Waals surface area (Å²) in [6, 6.07) is 5.54. The van der Waals surface area contributed by atoms with Crippen molar-refractivity contribution in [3.63, 3.8) is 0 Å². The van der Waals surface area contributed by atoms with Crippen LogP contribution in [0.15, 0.2) is 30.6 Å². The van der Waals surface area contributed by atoms with Gasteiger partial charge in [0.25, 0.3) is 0 Å². The van der Waals surface area contributed by atoms with Crippen LogP contribution >= 0.6 is 0 Å². The molecule has 0 unspecified atom stereocenters. The van der Waals surface area contributed by atoms with E-state index >= 15 is 0 Å². The third-order valence-corrected chi connectivity index (χ3v) is 2.54. The number of benzene rings is 1. The van der Waals surface area contributed by atoms with Gasteiger partial charge < -0.3 is 9.47 Å². The molecule has 0 aliphatic heterocycles. The molecule has 0 aliphatic carbocycles. The van der Waals surface area contributed by atoms with Gasteiger partial charge in [-0.25, -0.2) is 9.97 Å². The second-order valence-electron chi connectivity index (χ2n) is 3.60. The summed E-state index contributed by atoms with van der Waals surface area (Å²) >= 11 is 0. The highest BCUT2D eigenvalue weighted by Gasteiger charge is 2.07. The first-order valence-corrected chi connectivity index (χ1v) is 5.48. The molecule has 1 heterocycles. The van der Waals surface area contributed by atoms with Crippen molar-refractivity contribution in [2.75, 3.05) is 19.5 Å². The number of methoxy groups -OCH3 is 2. The minimum atomic E-state index is 0.270. The smallest absolute Gasteiger partial charge is 0.236 e. The van der Waals surface area contributed by atoms with E-state index in [0.717, 1.165) is 11.1 Å². The Morgan fingerprint density at radius 2 is 1.74 bits per heavy atom. The van der Waals surface area contributed by atoms with Crippen molar-refractivity contribution in [1.82, 2.24) is 9.97 Å². The standard InChI is InChI=1S/C13H12N4O2/c1-18-11-4-3-9(5-12(11)19-2)10-6-15-13(16-7-10)17-8-14/h3-7H,1-2H3,(H,15,16,17). The number of nitriles is 1. The van der Waals surface area contributed by atoms with Crippen LogP contribution in [-0.2, 0) is 0 Å². The average molecular weight is 256 g/mol. The molecule has 1 N–H and O–H groups in total. The minimum absolute atomic E-state index is 0.270. The van der Waals surface area contributed by atoms with Crippen LogP contribution in [-0.4, -0.2) is 24.2 Å². The molecular formula is C13H12N4O2. The summed E-state index contributed by atoms with van der Waals surface area (Å²) in [7, 11) is 3.17. The normalized spacial score (nSPS) is 9.53. The number of hydrogen-bond donors (Lipinski definition) is 1. The van der Waals surface area contributed by atoms with Crippen LogP contribution in [0.25, 0.3) is 11.1 Å². The third-order valence-electron chi connectivity index (χ3n) is 2.54. The molecule has 6 heteroatoms. The molecule has 0 spiro atoms. The van der Waals surface area contributed by atoms with E-state index in [0.29, 0.717) is 11.5 Å². The first-order chi connectivity index (χ1) is 9.28. The van der Waals surface area contributed by atoms with E-state index in [1.54, 1.807) is 32.8 Å². The summed E-state index contributed by atoms with van der Waals surface area (Å²) in [4.78, 5) is 8.05. The first kappa shape index (κ1) is 12.6. The number of aromatic nitrogens is 2. The summed E-state index contributed by atoms with van der Waals surface area (Å²) in [5.74, 6) is 1.57. The highest BCUT2D eigenvalue weighted by molar-refractivity contribution is 5.66. The van der Waals surface area contributed by atoms with E-state index in [1.165, 1.54) is 0 Å². The Bertz CT molecular complexity index is 605. The molecule has 96 valence electrons. The second-order valence-corrected chi connectivity index (χ2v) is 3.60. The molecule has 2 rings (SSSR count). The van der Waals surface area contributed by atoms with E-state index in [-0.39, 0.29) is 5.95 Å². The molecule has 19 heavy (non-hydrogen) atoms. The predicted molar refractivity (Wildman–Crippen MR) is 69.8 cm³/mol. The zero-order chi connectivity index (χ0) is 13.7. The summed E-state index contributed by atoms with van der Waals surface area (Å²) in [5, 5.41) is 10.8. The largest absolute Gasteiger partial charge is 0.493 e. The molecule has 0 aliphatic rings. The van der Waals surface area contributed by atoms with E-state index in [2.05, 4.69) is 15.3 Å². The van der Waals surface area contributed by atoms with Crippen LogP contribution in [0.2, 0.25) is 0 Å². The van der Waals surface area contributed by atoms with E-state index in [4.69, 9.17) is 14.7 Å². The number of anilines is 1. The van der Waals surface area contributed by atoms with Gasteiger partial charge in [-0.3, -0.25) is 5.32 Å². The molecule has 0 bridgehead atoms. The van der Waals surface area contributed by atoms with Gasteiger partial charge in [-0.1, -0.05) is 6.07 Å². The van der Waals surface area contributed by atoms with Gasteiger partial charge in [-0.2, -0.15) is 5.26 Å². The van der Waals surface area contributed by atoms with Gasteiger partial charge in [0, 0.05) is 18.0 Å². The van der Waals surface area contributed by atoms with Gasteiger partial charge >= 0.3 is 0 Å².